The van der Waals surface area contributed by atoms with Gasteiger partial charge in [0.1, 0.15) is 17.6 Å². The van der Waals surface area contributed by atoms with E-state index in [1.54, 1.807) is 11.0 Å². The van der Waals surface area contributed by atoms with Crippen LogP contribution in [0.1, 0.15) is 19.3 Å². The van der Waals surface area contributed by atoms with Gasteiger partial charge in [-0.2, -0.15) is 0 Å². The van der Waals surface area contributed by atoms with Gasteiger partial charge < -0.3 is 9.64 Å². The average molecular weight is 436 g/mol. The fourth-order valence-electron chi connectivity index (χ4n) is 3.59. The summed E-state index contributed by atoms with van der Waals surface area (Å²) < 4.78 is 20.3. The standard InChI is InChI=1S/C19H15ClFN3O4S/c20-11-9-12(21)15(23-18(25)14-6-3-4-8-22(14)19(23)29)10-17(11)28-16-7-2-1-5-13(16)24(26)27/h1-2,5,7,9-10,14H,3-4,6,8H2. The molecular formula is C19H15ClFN3O4S. The van der Waals surface area contributed by atoms with Crippen LogP contribution in [0.15, 0.2) is 36.4 Å². The molecule has 29 heavy (non-hydrogen) atoms. The minimum Gasteiger partial charge on any atom is -0.448 e. The molecule has 7 nitrogen and oxygen atoms in total. The van der Waals surface area contributed by atoms with Gasteiger partial charge in [-0.15, -0.1) is 0 Å². The van der Waals surface area contributed by atoms with Crippen molar-refractivity contribution in [3.8, 4) is 11.5 Å². The number of para-hydroxylation sites is 2. The molecule has 0 radical (unpaired) electrons. The molecule has 0 spiro atoms. The summed E-state index contributed by atoms with van der Waals surface area (Å²) in [7, 11) is 0. The number of halogens is 2. The number of nitro groups is 1. The molecule has 1 atom stereocenters. The Bertz CT molecular complexity index is 1010. The highest BCUT2D eigenvalue weighted by Crippen LogP contribution is 2.40. The zero-order chi connectivity index (χ0) is 20.7. The molecule has 2 aromatic carbocycles. The molecule has 150 valence electrons. The first kappa shape index (κ1) is 19.5. The van der Waals surface area contributed by atoms with Gasteiger partial charge in [0.15, 0.2) is 5.11 Å². The van der Waals surface area contributed by atoms with Crippen LogP contribution in [0.25, 0.3) is 0 Å². The molecule has 4 rings (SSSR count). The van der Waals surface area contributed by atoms with E-state index in [-0.39, 0.29) is 38.9 Å². The van der Waals surface area contributed by atoms with Crippen molar-refractivity contribution in [2.24, 2.45) is 0 Å². The van der Waals surface area contributed by atoms with E-state index in [0.717, 1.165) is 23.8 Å². The SMILES string of the molecule is O=C1C2CCCCN2C(=S)N1c1cc(Oc2ccccc2[N+](=O)[O-])c(Cl)cc1F. The van der Waals surface area contributed by atoms with Crippen molar-refractivity contribution in [2.75, 3.05) is 11.4 Å². The van der Waals surface area contributed by atoms with E-state index in [0.29, 0.717) is 13.0 Å². The number of carbonyl (C=O) groups is 1. The van der Waals surface area contributed by atoms with Gasteiger partial charge in [-0.25, -0.2) is 4.39 Å². The largest absolute Gasteiger partial charge is 0.448 e. The highest BCUT2D eigenvalue weighted by molar-refractivity contribution is 7.80. The van der Waals surface area contributed by atoms with Gasteiger partial charge in [-0.3, -0.25) is 19.8 Å². The molecule has 0 bridgehead atoms. The first-order chi connectivity index (χ1) is 13.9. The monoisotopic (exact) mass is 435 g/mol. The molecule has 0 aliphatic carbocycles. The third-order valence-corrected chi connectivity index (χ3v) is 5.68. The molecule has 2 fully saturated rings. The van der Waals surface area contributed by atoms with E-state index in [1.165, 1.54) is 24.3 Å². The van der Waals surface area contributed by atoms with Crippen LogP contribution in [0.5, 0.6) is 11.5 Å². The summed E-state index contributed by atoms with van der Waals surface area (Å²) in [5.41, 5.74) is -0.355. The smallest absolute Gasteiger partial charge is 0.311 e. The Hall–Kier alpha value is -2.78. The molecule has 2 saturated heterocycles. The highest BCUT2D eigenvalue weighted by atomic mass is 35.5. The van der Waals surface area contributed by atoms with Crippen LogP contribution in [-0.4, -0.2) is 33.4 Å². The number of nitrogens with zero attached hydrogens (tertiary/aromatic N) is 3. The Kier molecular flexibility index (Phi) is 5.10. The van der Waals surface area contributed by atoms with Gasteiger partial charge in [-0.1, -0.05) is 23.7 Å². The molecule has 2 aliphatic rings. The molecule has 2 aliphatic heterocycles. The Morgan fingerprint density at radius 3 is 2.72 bits per heavy atom. The number of carbonyl (C=O) groups excluding carboxylic acids is 1. The first-order valence-electron chi connectivity index (χ1n) is 8.93. The number of nitro benzene ring substituents is 1. The van der Waals surface area contributed by atoms with Crippen molar-refractivity contribution in [3.63, 3.8) is 0 Å². The van der Waals surface area contributed by atoms with E-state index in [2.05, 4.69) is 0 Å². The summed E-state index contributed by atoms with van der Waals surface area (Å²) >= 11 is 11.5. The Balaban J connectivity index is 1.73. The van der Waals surface area contributed by atoms with Gasteiger partial charge in [0.05, 0.1) is 15.6 Å². The zero-order valence-corrected chi connectivity index (χ0v) is 16.6. The summed E-state index contributed by atoms with van der Waals surface area (Å²) in [6.45, 7) is 0.639. The Morgan fingerprint density at radius 2 is 2.00 bits per heavy atom. The van der Waals surface area contributed by atoms with Crippen LogP contribution < -0.4 is 9.64 Å². The Labute approximate surface area is 175 Å². The summed E-state index contributed by atoms with van der Waals surface area (Å²) in [4.78, 5) is 26.4. The minimum atomic E-state index is -0.736. The number of fused-ring (bicyclic) bond motifs is 1. The van der Waals surface area contributed by atoms with E-state index in [9.17, 15) is 19.3 Å². The maximum Gasteiger partial charge on any atom is 0.311 e. The van der Waals surface area contributed by atoms with Gasteiger partial charge in [0.2, 0.25) is 5.75 Å². The normalized spacial score (nSPS) is 18.8. The number of benzene rings is 2. The van der Waals surface area contributed by atoms with Crippen molar-refractivity contribution < 1.29 is 18.8 Å². The predicted octanol–water partition coefficient (Wildman–Crippen LogP) is 4.67. The predicted molar refractivity (Wildman–Crippen MR) is 109 cm³/mol. The number of piperidine rings is 1. The van der Waals surface area contributed by atoms with Crippen LogP contribution in [0.2, 0.25) is 5.02 Å². The molecule has 2 aromatic rings. The third-order valence-electron chi connectivity index (χ3n) is 4.97. The number of hydrogen-bond donors (Lipinski definition) is 0. The van der Waals surface area contributed by atoms with E-state index in [1.807, 2.05) is 0 Å². The van der Waals surface area contributed by atoms with Crippen molar-refractivity contribution in [1.29, 1.82) is 0 Å². The van der Waals surface area contributed by atoms with Crippen molar-refractivity contribution in [1.82, 2.24) is 4.90 Å². The van der Waals surface area contributed by atoms with Crippen molar-refractivity contribution in [3.05, 3.63) is 57.4 Å². The summed E-state index contributed by atoms with van der Waals surface area (Å²) in [5.74, 6) is -1.10. The minimum absolute atomic E-state index is 0.0159. The summed E-state index contributed by atoms with van der Waals surface area (Å²) in [5, 5.41) is 11.4. The van der Waals surface area contributed by atoms with Gasteiger partial charge >= 0.3 is 5.69 Å². The lowest BCUT2D eigenvalue weighted by molar-refractivity contribution is -0.385. The van der Waals surface area contributed by atoms with Crippen molar-refractivity contribution >= 4 is 46.2 Å². The van der Waals surface area contributed by atoms with Gasteiger partial charge in [0, 0.05) is 18.7 Å². The lowest BCUT2D eigenvalue weighted by Gasteiger charge is -2.27. The second kappa shape index (κ2) is 7.57. The third kappa shape index (κ3) is 3.40. The van der Waals surface area contributed by atoms with E-state index < -0.39 is 16.8 Å². The zero-order valence-electron chi connectivity index (χ0n) is 15.0. The topological polar surface area (TPSA) is 75.9 Å². The van der Waals surface area contributed by atoms with Gasteiger partial charge in [-0.05, 0) is 43.6 Å². The van der Waals surface area contributed by atoms with E-state index in [4.69, 9.17) is 28.6 Å². The molecule has 1 amide bonds. The molecule has 0 aromatic heterocycles. The maximum atomic E-state index is 14.7. The van der Waals surface area contributed by atoms with Crippen LogP contribution in [0, 0.1) is 15.9 Å². The quantitative estimate of drug-likeness (QED) is 0.395. The molecule has 10 heteroatoms. The fraction of sp³-hybridized carbons (Fsp3) is 0.263. The average Bonchev–Trinajstić information content (AvgIpc) is 2.95. The van der Waals surface area contributed by atoms with Crippen molar-refractivity contribution in [2.45, 2.75) is 25.3 Å². The number of amides is 1. The van der Waals surface area contributed by atoms with E-state index >= 15 is 0 Å². The molecule has 2 heterocycles. The first-order valence-corrected chi connectivity index (χ1v) is 9.72. The Morgan fingerprint density at radius 1 is 1.24 bits per heavy atom. The maximum absolute atomic E-state index is 14.7. The number of thiocarbonyl (C=S) groups is 1. The number of hydrogen-bond acceptors (Lipinski definition) is 5. The number of anilines is 1. The van der Waals surface area contributed by atoms with Crippen LogP contribution >= 0.6 is 23.8 Å². The molecule has 0 saturated carbocycles. The van der Waals surface area contributed by atoms with Gasteiger partial charge in [0.25, 0.3) is 5.91 Å². The van der Waals surface area contributed by atoms with Crippen LogP contribution in [-0.2, 0) is 4.79 Å². The van der Waals surface area contributed by atoms with Crippen LogP contribution in [0.3, 0.4) is 0 Å². The second-order valence-electron chi connectivity index (χ2n) is 6.72. The number of ether oxygens (including phenoxy) is 1. The summed E-state index contributed by atoms with van der Waals surface area (Å²) in [6.07, 6.45) is 2.47. The molecular weight excluding hydrogens is 421 g/mol. The lowest BCUT2D eigenvalue weighted by atomic mass is 10.0. The molecule has 1 unspecified atom stereocenters. The lowest BCUT2D eigenvalue weighted by Crippen LogP contribution is -2.38. The summed E-state index contributed by atoms with van der Waals surface area (Å²) in [6, 6.07) is 7.61. The molecule has 0 N–H and O–H groups in total. The highest BCUT2D eigenvalue weighted by Gasteiger charge is 2.45. The fourth-order valence-corrected chi connectivity index (χ4v) is 4.19. The van der Waals surface area contributed by atoms with Crippen LogP contribution in [0.4, 0.5) is 15.8 Å². The number of rotatable bonds is 4. The second-order valence-corrected chi connectivity index (χ2v) is 7.49.